The number of aliphatic hydroxyl groups excluding tert-OH is 1. The van der Waals surface area contributed by atoms with Crippen LogP contribution in [0.5, 0.6) is 5.75 Å². The number of carbonyl (C=O) groups excluding carboxylic acids is 1. The minimum Gasteiger partial charge on any atom is -0.480 e. The number of aliphatic hydroxyl groups is 1. The summed E-state index contributed by atoms with van der Waals surface area (Å²) in [6.07, 6.45) is -12.0. The van der Waals surface area contributed by atoms with Crippen LogP contribution in [-0.2, 0) is 13.2 Å². The van der Waals surface area contributed by atoms with Gasteiger partial charge in [-0.1, -0.05) is 0 Å². The number of imidazole rings is 1. The maximum Gasteiger partial charge on any atom is 0.434 e. The van der Waals surface area contributed by atoms with E-state index < -0.39 is 59.0 Å². The number of amides is 1. The first kappa shape index (κ1) is 27.0. The normalized spacial score (nSPS) is 14.0. The van der Waals surface area contributed by atoms with Gasteiger partial charge in [-0.15, -0.1) is 0 Å². The van der Waals surface area contributed by atoms with Gasteiger partial charge in [0.15, 0.2) is 11.8 Å². The van der Waals surface area contributed by atoms with Crippen LogP contribution in [0, 0.1) is 12.7 Å². The molecular weight excluding hydrogens is 503 g/mol. The maximum atomic E-state index is 15.0. The predicted octanol–water partition coefficient (Wildman–Crippen LogP) is 4.91. The standard InChI is InChI=1S/C21H20F7N5O3/c1-8-16(17(32-31-8)21(26,27)28)30-19(35)12-5-13(22)11(6-15(12)36-10(3)20(23,24)25)14-7-33(4)18(29-14)9(2)34/h5-7,9-10,34H,1-4H3,(H,30,35)(H,31,32)/t9-,10-/m0/s1. The molecule has 1 amide bonds. The minimum atomic E-state index is -4.94. The van der Waals surface area contributed by atoms with Gasteiger partial charge in [-0.2, -0.15) is 31.4 Å². The monoisotopic (exact) mass is 523 g/mol. The molecule has 0 unspecified atom stereocenters. The summed E-state index contributed by atoms with van der Waals surface area (Å²) in [5.41, 5.74) is -3.71. The van der Waals surface area contributed by atoms with Crippen molar-refractivity contribution in [1.29, 1.82) is 0 Å². The second-order valence-corrected chi connectivity index (χ2v) is 7.91. The van der Waals surface area contributed by atoms with E-state index in [-0.39, 0.29) is 22.8 Å². The van der Waals surface area contributed by atoms with E-state index in [9.17, 15) is 36.2 Å². The van der Waals surface area contributed by atoms with Crippen molar-refractivity contribution < 1.29 is 45.4 Å². The smallest absolute Gasteiger partial charge is 0.434 e. The number of H-pyrrole nitrogens is 1. The summed E-state index contributed by atoms with van der Waals surface area (Å²) < 4.78 is 101. The number of hydrogen-bond donors (Lipinski definition) is 3. The molecule has 3 N–H and O–H groups in total. The number of nitrogens with zero attached hydrogens (tertiary/aromatic N) is 3. The first-order valence-corrected chi connectivity index (χ1v) is 10.2. The van der Waals surface area contributed by atoms with Crippen molar-refractivity contribution >= 4 is 11.6 Å². The van der Waals surface area contributed by atoms with Crippen molar-refractivity contribution in [1.82, 2.24) is 19.7 Å². The SMILES string of the molecule is Cc1n[nH]c(C(F)(F)F)c1NC(=O)c1cc(F)c(-c2cn(C)c([C@H](C)O)n2)cc1O[C@@H](C)C(F)(F)F. The predicted molar refractivity (Wildman–Crippen MR) is 112 cm³/mol. The number of halogens is 7. The van der Waals surface area contributed by atoms with Crippen LogP contribution in [-0.4, -0.2) is 43.0 Å². The van der Waals surface area contributed by atoms with Crippen LogP contribution in [0.25, 0.3) is 11.3 Å². The molecule has 0 aliphatic rings. The molecule has 2 atom stereocenters. The molecule has 3 aromatic rings. The highest BCUT2D eigenvalue weighted by molar-refractivity contribution is 6.07. The van der Waals surface area contributed by atoms with Gasteiger partial charge in [-0.3, -0.25) is 9.89 Å². The molecule has 0 aliphatic heterocycles. The van der Waals surface area contributed by atoms with Crippen LogP contribution in [0.2, 0.25) is 0 Å². The lowest BCUT2D eigenvalue weighted by Gasteiger charge is -2.20. The lowest BCUT2D eigenvalue weighted by molar-refractivity contribution is -0.189. The van der Waals surface area contributed by atoms with E-state index >= 15 is 4.39 Å². The third-order valence-corrected chi connectivity index (χ3v) is 5.11. The second kappa shape index (κ2) is 9.44. The summed E-state index contributed by atoms with van der Waals surface area (Å²) in [6.45, 7) is 3.18. The molecule has 3 rings (SSSR count). The van der Waals surface area contributed by atoms with Gasteiger partial charge in [0.1, 0.15) is 23.5 Å². The van der Waals surface area contributed by atoms with Crippen LogP contribution in [0.15, 0.2) is 18.3 Å². The number of anilines is 1. The highest BCUT2D eigenvalue weighted by atomic mass is 19.4. The lowest BCUT2D eigenvalue weighted by atomic mass is 10.1. The number of aromatic amines is 1. The summed E-state index contributed by atoms with van der Waals surface area (Å²) >= 11 is 0. The number of benzene rings is 1. The van der Waals surface area contributed by atoms with Crippen molar-refractivity contribution in [2.24, 2.45) is 7.05 Å². The highest BCUT2D eigenvalue weighted by Gasteiger charge is 2.40. The van der Waals surface area contributed by atoms with E-state index in [0.29, 0.717) is 13.0 Å². The Labute approximate surface area is 199 Å². The number of nitrogens with one attached hydrogen (secondary N) is 2. The topological polar surface area (TPSA) is 105 Å². The van der Waals surface area contributed by atoms with Crippen molar-refractivity contribution in [2.45, 2.75) is 45.3 Å². The molecule has 0 saturated carbocycles. The van der Waals surface area contributed by atoms with Crippen LogP contribution in [0.4, 0.5) is 36.4 Å². The van der Waals surface area contributed by atoms with Crippen LogP contribution in [0.1, 0.15) is 47.5 Å². The molecule has 1 aromatic carbocycles. The van der Waals surface area contributed by atoms with Crippen LogP contribution >= 0.6 is 0 Å². The summed E-state index contributed by atoms with van der Waals surface area (Å²) in [5, 5.41) is 16.8. The molecule has 196 valence electrons. The molecule has 0 saturated heterocycles. The van der Waals surface area contributed by atoms with E-state index in [2.05, 4.69) is 10.1 Å². The molecule has 0 bridgehead atoms. The summed E-state index contributed by atoms with van der Waals surface area (Å²) in [7, 11) is 1.49. The van der Waals surface area contributed by atoms with Crippen molar-refractivity contribution in [3.05, 3.63) is 46.9 Å². The van der Waals surface area contributed by atoms with Gasteiger partial charge >= 0.3 is 12.4 Å². The Bertz CT molecular complexity index is 1280. The van der Waals surface area contributed by atoms with Crippen molar-refractivity contribution in [3.63, 3.8) is 0 Å². The van der Waals surface area contributed by atoms with Crippen molar-refractivity contribution in [3.8, 4) is 17.0 Å². The van der Waals surface area contributed by atoms with Gasteiger partial charge in [0.25, 0.3) is 5.91 Å². The van der Waals surface area contributed by atoms with E-state index in [1.807, 2.05) is 5.32 Å². The Morgan fingerprint density at radius 2 is 1.83 bits per heavy atom. The van der Waals surface area contributed by atoms with E-state index in [1.54, 1.807) is 5.10 Å². The number of rotatable bonds is 6. The van der Waals surface area contributed by atoms with Gasteiger partial charge in [0, 0.05) is 18.8 Å². The van der Waals surface area contributed by atoms with Crippen LogP contribution in [0.3, 0.4) is 0 Å². The third-order valence-electron chi connectivity index (χ3n) is 5.11. The average molecular weight is 523 g/mol. The largest absolute Gasteiger partial charge is 0.480 e. The lowest BCUT2D eigenvalue weighted by Crippen LogP contribution is -2.32. The minimum absolute atomic E-state index is 0.0904. The quantitative estimate of drug-likeness (QED) is 0.399. The summed E-state index contributed by atoms with van der Waals surface area (Å²) in [5.74, 6) is -3.13. The summed E-state index contributed by atoms with van der Waals surface area (Å²) in [4.78, 5) is 16.9. The van der Waals surface area contributed by atoms with E-state index in [4.69, 9.17) is 4.74 Å². The van der Waals surface area contributed by atoms with Gasteiger partial charge in [0.05, 0.1) is 22.6 Å². The van der Waals surface area contributed by atoms with E-state index in [1.165, 1.54) is 24.7 Å². The zero-order chi connectivity index (χ0) is 27.2. The van der Waals surface area contributed by atoms with E-state index in [0.717, 1.165) is 13.0 Å². The first-order chi connectivity index (χ1) is 16.5. The fourth-order valence-corrected chi connectivity index (χ4v) is 3.25. The maximum absolute atomic E-state index is 15.0. The van der Waals surface area contributed by atoms with Crippen molar-refractivity contribution in [2.75, 3.05) is 5.32 Å². The van der Waals surface area contributed by atoms with Gasteiger partial charge in [-0.05, 0) is 32.9 Å². The number of aryl methyl sites for hydroxylation is 2. The van der Waals surface area contributed by atoms with Gasteiger partial charge < -0.3 is 19.7 Å². The molecule has 0 spiro atoms. The second-order valence-electron chi connectivity index (χ2n) is 7.91. The molecule has 0 aliphatic carbocycles. The highest BCUT2D eigenvalue weighted by Crippen LogP contribution is 2.37. The molecule has 8 nitrogen and oxygen atoms in total. The van der Waals surface area contributed by atoms with Crippen LogP contribution < -0.4 is 10.1 Å². The van der Waals surface area contributed by atoms with Gasteiger partial charge in [-0.25, -0.2) is 9.37 Å². The molecular formula is C21H20F7N5O3. The molecule has 2 aromatic heterocycles. The molecule has 15 heteroatoms. The number of ether oxygens (including phenoxy) is 1. The fourth-order valence-electron chi connectivity index (χ4n) is 3.25. The Balaban J connectivity index is 2.11. The zero-order valence-electron chi connectivity index (χ0n) is 19.1. The number of alkyl halides is 6. The first-order valence-electron chi connectivity index (χ1n) is 10.2. The molecule has 0 radical (unpaired) electrons. The Morgan fingerprint density at radius 3 is 2.36 bits per heavy atom. The third kappa shape index (κ3) is 5.45. The van der Waals surface area contributed by atoms with Gasteiger partial charge in [0.2, 0.25) is 0 Å². The molecule has 0 fully saturated rings. The number of carbonyl (C=O) groups is 1. The molecule has 36 heavy (non-hydrogen) atoms. The molecule has 2 heterocycles. The Morgan fingerprint density at radius 1 is 1.19 bits per heavy atom. The number of aromatic nitrogens is 4. The summed E-state index contributed by atoms with van der Waals surface area (Å²) in [6, 6.07) is 1.32. The number of hydrogen-bond acceptors (Lipinski definition) is 5. The Kier molecular flexibility index (Phi) is 7.08. The fraction of sp³-hybridized carbons (Fsp3) is 0.381. The average Bonchev–Trinajstić information content (AvgIpc) is 3.30. The Hall–Kier alpha value is -3.62. The zero-order valence-corrected chi connectivity index (χ0v) is 19.1.